The van der Waals surface area contributed by atoms with Crippen molar-refractivity contribution in [2.24, 2.45) is 0 Å². The van der Waals surface area contributed by atoms with Crippen LogP contribution >= 0.6 is 0 Å². The van der Waals surface area contributed by atoms with Crippen molar-refractivity contribution in [2.75, 3.05) is 18.9 Å². The van der Waals surface area contributed by atoms with Gasteiger partial charge in [0.05, 0.1) is 12.2 Å². The number of aromatic nitrogens is 2. The maximum Gasteiger partial charge on any atom is 0.408 e. The van der Waals surface area contributed by atoms with Gasteiger partial charge in [-0.25, -0.2) is 4.39 Å². The number of nitrogens with one attached hydrogen (secondary N) is 2. The Balaban J connectivity index is 2.03. The van der Waals surface area contributed by atoms with Crippen LogP contribution in [0.5, 0.6) is 0 Å². The number of allylic oxidation sites excluding steroid dienone is 1. The van der Waals surface area contributed by atoms with E-state index < -0.39 is 18.5 Å². The molecule has 0 aliphatic carbocycles. The van der Waals surface area contributed by atoms with Gasteiger partial charge < -0.3 is 20.9 Å². The molecule has 0 saturated heterocycles. The smallest absolute Gasteiger partial charge is 0.408 e. The molecule has 1 aliphatic heterocycles. The van der Waals surface area contributed by atoms with Crippen LogP contribution in [0.15, 0.2) is 24.4 Å². The van der Waals surface area contributed by atoms with Crippen molar-refractivity contribution in [1.82, 2.24) is 20.0 Å². The van der Waals surface area contributed by atoms with Crippen LogP contribution in [0, 0.1) is 5.82 Å². The molecule has 1 aromatic heterocycles. The number of anilines is 2. The van der Waals surface area contributed by atoms with E-state index in [0.717, 1.165) is 10.9 Å². The summed E-state index contributed by atoms with van der Waals surface area (Å²) in [6.07, 6.45) is -2.14. The van der Waals surface area contributed by atoms with E-state index in [9.17, 15) is 23.4 Å². The Morgan fingerprint density at radius 3 is 2.71 bits per heavy atom. The fraction of sp³-hybridized carbons (Fsp3) is 0.350. The Morgan fingerprint density at radius 2 is 2.10 bits per heavy atom. The lowest BCUT2D eigenvalue weighted by Crippen LogP contribution is -2.35. The van der Waals surface area contributed by atoms with Crippen LogP contribution in [-0.4, -0.2) is 46.6 Å². The number of carbonyl (C=O) groups is 1. The van der Waals surface area contributed by atoms with E-state index in [1.54, 1.807) is 7.05 Å². The molecule has 0 unspecified atom stereocenters. The molecule has 31 heavy (non-hydrogen) atoms. The second-order valence-corrected chi connectivity index (χ2v) is 7.05. The van der Waals surface area contributed by atoms with Crippen LogP contribution in [0.2, 0.25) is 0 Å². The lowest BCUT2D eigenvalue weighted by Gasteiger charge is -2.27. The second kappa shape index (κ2) is 8.78. The summed E-state index contributed by atoms with van der Waals surface area (Å²) >= 11 is 0. The van der Waals surface area contributed by atoms with E-state index in [2.05, 4.69) is 15.7 Å². The first-order valence-electron chi connectivity index (χ1n) is 9.46. The molecule has 1 aromatic carbocycles. The predicted molar refractivity (Wildman–Crippen MR) is 109 cm³/mol. The zero-order valence-corrected chi connectivity index (χ0v) is 16.9. The van der Waals surface area contributed by atoms with Gasteiger partial charge in [0, 0.05) is 50.0 Å². The minimum absolute atomic E-state index is 0.0271. The van der Waals surface area contributed by atoms with Crippen molar-refractivity contribution in [3.05, 3.63) is 52.4 Å². The van der Waals surface area contributed by atoms with Gasteiger partial charge in [0.1, 0.15) is 6.54 Å². The average Bonchev–Trinajstić information content (AvgIpc) is 3.03. The number of fused-ring (bicyclic) bond motifs is 1. The number of hydrogen-bond acceptors (Lipinski definition) is 4. The largest absolute Gasteiger partial charge is 0.810 e. The zero-order valence-electron chi connectivity index (χ0n) is 16.9. The number of amides is 1. The monoisotopic (exact) mass is 437 g/mol. The minimum atomic E-state index is -4.48. The molecule has 0 atom stereocenters. The molecule has 1 amide bonds. The van der Waals surface area contributed by atoms with Crippen molar-refractivity contribution in [3.63, 3.8) is 0 Å². The van der Waals surface area contributed by atoms with Crippen LogP contribution in [-0.2, 0) is 24.3 Å². The van der Waals surface area contributed by atoms with E-state index >= 15 is 4.39 Å². The summed E-state index contributed by atoms with van der Waals surface area (Å²) in [6, 6.07) is 4.40. The molecule has 0 saturated carbocycles. The van der Waals surface area contributed by atoms with Crippen LogP contribution in [0.1, 0.15) is 23.7 Å². The first kappa shape index (κ1) is 22.3. The van der Waals surface area contributed by atoms with Crippen LogP contribution < -0.4 is 10.6 Å². The average molecular weight is 437 g/mol. The second-order valence-electron chi connectivity index (χ2n) is 7.05. The van der Waals surface area contributed by atoms with E-state index in [0.29, 0.717) is 11.3 Å². The van der Waals surface area contributed by atoms with E-state index in [4.69, 9.17) is 0 Å². The normalized spacial score (nSPS) is 14.3. The van der Waals surface area contributed by atoms with Gasteiger partial charge in [-0.1, -0.05) is 12.1 Å². The lowest BCUT2D eigenvalue weighted by atomic mass is 10.0. The fourth-order valence-electron chi connectivity index (χ4n) is 3.48. The molecule has 2 N–H and O–H groups in total. The molecule has 0 spiro atoms. The summed E-state index contributed by atoms with van der Waals surface area (Å²) in [5.74, 6) is -0.880. The number of alkyl halides is 3. The topological polar surface area (TPSA) is 84.5 Å². The van der Waals surface area contributed by atoms with Gasteiger partial charge in [0.2, 0.25) is 5.91 Å². The Hall–Kier alpha value is -3.37. The van der Waals surface area contributed by atoms with Crippen molar-refractivity contribution in [1.29, 1.82) is 0 Å². The lowest BCUT2D eigenvalue weighted by molar-refractivity contribution is -0.143. The van der Waals surface area contributed by atoms with Gasteiger partial charge in [0.15, 0.2) is 11.6 Å². The zero-order chi connectivity index (χ0) is 22.8. The summed E-state index contributed by atoms with van der Waals surface area (Å²) in [4.78, 5) is 13.3. The Kier molecular flexibility index (Phi) is 6.32. The highest BCUT2D eigenvalue weighted by molar-refractivity contribution is 6.11. The maximum atomic E-state index is 15.1. The minimum Gasteiger partial charge on any atom is -0.810 e. The van der Waals surface area contributed by atoms with Crippen molar-refractivity contribution >= 4 is 29.2 Å². The van der Waals surface area contributed by atoms with Crippen LogP contribution in [0.3, 0.4) is 0 Å². The molecule has 1 aliphatic rings. The molecule has 0 fully saturated rings. The summed E-state index contributed by atoms with van der Waals surface area (Å²) < 4.78 is 55.0. The third-order valence-corrected chi connectivity index (χ3v) is 4.91. The van der Waals surface area contributed by atoms with Gasteiger partial charge in [-0.05, 0) is 11.6 Å². The summed E-state index contributed by atoms with van der Waals surface area (Å²) in [6.45, 7) is 0.442. The van der Waals surface area contributed by atoms with Crippen LogP contribution in [0.25, 0.3) is 11.0 Å². The number of hydrogen-bond donors (Lipinski definition) is 2. The fourth-order valence-corrected chi connectivity index (χ4v) is 3.48. The van der Waals surface area contributed by atoms with Gasteiger partial charge in [-0.15, -0.1) is 0 Å². The number of rotatable bonds is 6. The third-order valence-electron chi connectivity index (χ3n) is 4.91. The molecular weight excluding hydrogens is 416 g/mol. The number of carbonyl (C=O) groups excluding carboxylic acids is 1. The van der Waals surface area contributed by atoms with Crippen LogP contribution in [0.4, 0.5) is 29.1 Å². The molecular formula is C20H21F4N6O-. The number of halogens is 4. The van der Waals surface area contributed by atoms with Crippen molar-refractivity contribution in [3.8, 4) is 0 Å². The molecule has 0 radical (unpaired) electrons. The van der Waals surface area contributed by atoms with Crippen molar-refractivity contribution < 1.29 is 22.4 Å². The molecule has 7 nitrogen and oxygen atoms in total. The molecule has 166 valence electrons. The quantitative estimate of drug-likeness (QED) is 0.536. The van der Waals surface area contributed by atoms with E-state index in [1.807, 2.05) is 0 Å². The van der Waals surface area contributed by atoms with Gasteiger partial charge in [0.25, 0.3) is 0 Å². The van der Waals surface area contributed by atoms with E-state index in [1.165, 1.54) is 36.2 Å². The third kappa shape index (κ3) is 4.86. The predicted octanol–water partition coefficient (Wildman–Crippen LogP) is 3.43. The summed E-state index contributed by atoms with van der Waals surface area (Å²) in [5.41, 5.74) is 0.996. The molecule has 0 bridgehead atoms. The number of nitrogens with zero attached hydrogens (tertiary/aromatic N) is 4. The first-order chi connectivity index (χ1) is 14.6. The summed E-state index contributed by atoms with van der Waals surface area (Å²) in [7, 11) is 1.59. The van der Waals surface area contributed by atoms with Crippen molar-refractivity contribution in [2.45, 2.75) is 32.6 Å². The van der Waals surface area contributed by atoms with Gasteiger partial charge in [-0.3, -0.25) is 9.48 Å². The molecule has 2 heterocycles. The maximum absolute atomic E-state index is 15.1. The van der Waals surface area contributed by atoms with Gasteiger partial charge in [-0.2, -0.15) is 24.5 Å². The highest BCUT2D eigenvalue weighted by Crippen LogP contribution is 2.32. The SMILES string of the molecule is CN/C=C(\C=[N-])c1cccc(Nc2nn(CC(F)(F)F)c3c2CN(C(C)=O)CC3)c1F. The Morgan fingerprint density at radius 1 is 1.35 bits per heavy atom. The molecule has 3 rings (SSSR count). The van der Waals surface area contributed by atoms with E-state index in [-0.39, 0.29) is 48.1 Å². The first-order valence-corrected chi connectivity index (χ1v) is 9.46. The standard InChI is InChI=1S/C20H21F4N6O/c1-12(31)29-7-6-17-15(10-29)19(28-30(17)11-20(22,23)24)27-16-5-3-4-14(18(16)21)13(8-25)9-26-2/h3-5,8-9,26H,6-7,10-11H2,1-2H3,(H,27,28)/q-1/b13-9+. The Bertz CT molecular complexity index is 1030. The van der Waals surface area contributed by atoms with Gasteiger partial charge >= 0.3 is 6.18 Å². The highest BCUT2D eigenvalue weighted by Gasteiger charge is 2.33. The summed E-state index contributed by atoms with van der Waals surface area (Å²) in [5, 5.41) is 18.9. The molecule has 11 heteroatoms. The number of benzene rings is 1. The highest BCUT2D eigenvalue weighted by atomic mass is 19.4. The Labute approximate surface area is 176 Å². The molecule has 2 aromatic rings.